The molecule has 0 aliphatic carbocycles. The molecular weight excluding hydrogens is 221 g/mol. The third-order valence-electron chi connectivity index (χ3n) is 1.76. The highest BCUT2D eigenvalue weighted by Crippen LogP contribution is 2.49. The highest BCUT2D eigenvalue weighted by Gasteiger charge is 2.20. The van der Waals surface area contributed by atoms with Crippen LogP contribution in [0.3, 0.4) is 0 Å². The van der Waals surface area contributed by atoms with E-state index in [9.17, 15) is 14.7 Å². The van der Waals surface area contributed by atoms with E-state index in [1.54, 1.807) is 0 Å². The molecule has 1 rings (SSSR count). The molecular formula is C8H8NO5P. The summed E-state index contributed by atoms with van der Waals surface area (Å²) in [6, 6.07) is 4.82. The molecule has 0 atom stereocenters. The molecule has 0 radical (unpaired) electrons. The summed E-state index contributed by atoms with van der Waals surface area (Å²) in [6.07, 6.45) is 0. The predicted molar refractivity (Wildman–Crippen MR) is 54.2 cm³/mol. The second kappa shape index (κ2) is 3.94. The van der Waals surface area contributed by atoms with Crippen molar-refractivity contribution in [2.45, 2.75) is 0 Å². The highest BCUT2D eigenvalue weighted by atomic mass is 31.2. The van der Waals surface area contributed by atoms with E-state index in [0.717, 1.165) is 12.1 Å². The smallest absolute Gasteiger partial charge is 0.321 e. The van der Waals surface area contributed by atoms with Crippen molar-refractivity contribution in [1.29, 1.82) is 0 Å². The minimum Gasteiger partial charge on any atom is -0.321 e. The zero-order chi connectivity index (χ0) is 11.6. The number of non-ortho nitro benzene ring substituents is 1. The highest BCUT2D eigenvalue weighted by molar-refractivity contribution is 7.63. The van der Waals surface area contributed by atoms with Crippen LogP contribution in [0.5, 0.6) is 0 Å². The van der Waals surface area contributed by atoms with Gasteiger partial charge in [0, 0.05) is 12.1 Å². The molecule has 7 heteroatoms. The van der Waals surface area contributed by atoms with E-state index < -0.39 is 12.5 Å². The zero-order valence-electron chi connectivity index (χ0n) is 7.53. The summed E-state index contributed by atoms with van der Waals surface area (Å²) in [4.78, 5) is 27.3. The lowest BCUT2D eigenvalue weighted by molar-refractivity contribution is -0.384. The Morgan fingerprint density at radius 2 is 1.80 bits per heavy atom. The average molecular weight is 229 g/mol. The molecule has 1 aromatic rings. The molecule has 0 fully saturated rings. The van der Waals surface area contributed by atoms with Crippen molar-refractivity contribution in [2.24, 2.45) is 0 Å². The monoisotopic (exact) mass is 229 g/mol. The summed E-state index contributed by atoms with van der Waals surface area (Å²) in [7, 11) is -4.38. The molecule has 1 aromatic carbocycles. The van der Waals surface area contributed by atoms with Crippen LogP contribution in [0, 0.1) is 10.1 Å². The van der Waals surface area contributed by atoms with Gasteiger partial charge in [0.25, 0.3) is 5.69 Å². The third kappa shape index (κ3) is 2.73. The maximum absolute atomic E-state index is 10.8. The van der Waals surface area contributed by atoms with E-state index >= 15 is 0 Å². The summed E-state index contributed by atoms with van der Waals surface area (Å²) in [6.45, 7) is 3.24. The van der Waals surface area contributed by atoms with Crippen LogP contribution in [0.4, 0.5) is 5.69 Å². The Morgan fingerprint density at radius 3 is 2.13 bits per heavy atom. The van der Waals surface area contributed by atoms with Gasteiger partial charge in [-0.05, 0) is 17.7 Å². The quantitative estimate of drug-likeness (QED) is 0.467. The number of rotatable bonds is 3. The Hall–Kier alpha value is -1.49. The fourth-order valence-electron chi connectivity index (χ4n) is 0.944. The van der Waals surface area contributed by atoms with Gasteiger partial charge >= 0.3 is 7.60 Å². The minimum atomic E-state index is -4.38. The van der Waals surface area contributed by atoms with Crippen LogP contribution < -0.4 is 0 Å². The van der Waals surface area contributed by atoms with E-state index in [1.807, 2.05) is 0 Å². The standard InChI is InChI=1S/C8H8NO5P/c1-6(15(12,13)14)7-2-4-8(5-3-7)9(10)11/h2-5H,1H2,(H2,12,13,14). The van der Waals surface area contributed by atoms with Crippen molar-refractivity contribution >= 4 is 18.6 Å². The predicted octanol–water partition coefficient (Wildman–Crippen LogP) is 1.74. The molecule has 0 unspecified atom stereocenters. The first-order valence-electron chi connectivity index (χ1n) is 3.82. The van der Waals surface area contributed by atoms with Crippen LogP contribution in [-0.2, 0) is 4.57 Å². The van der Waals surface area contributed by atoms with Gasteiger partial charge in [-0.25, -0.2) is 0 Å². The van der Waals surface area contributed by atoms with Gasteiger partial charge in [-0.15, -0.1) is 0 Å². The van der Waals surface area contributed by atoms with Gasteiger partial charge in [-0.3, -0.25) is 14.7 Å². The van der Waals surface area contributed by atoms with Gasteiger partial charge in [-0.2, -0.15) is 0 Å². The summed E-state index contributed by atoms with van der Waals surface area (Å²) in [5, 5.41) is 9.96. The van der Waals surface area contributed by atoms with E-state index in [-0.39, 0.29) is 16.6 Å². The van der Waals surface area contributed by atoms with E-state index in [4.69, 9.17) is 9.79 Å². The van der Waals surface area contributed by atoms with Crippen molar-refractivity contribution in [3.8, 4) is 0 Å². The lowest BCUT2D eigenvalue weighted by atomic mass is 10.2. The molecule has 0 heterocycles. The van der Waals surface area contributed by atoms with Gasteiger partial charge in [0.05, 0.1) is 10.2 Å². The van der Waals surface area contributed by atoms with Crippen LogP contribution in [0.25, 0.3) is 5.31 Å². The lowest BCUT2D eigenvalue weighted by Gasteiger charge is -2.06. The molecule has 0 aromatic heterocycles. The van der Waals surface area contributed by atoms with E-state index in [0.29, 0.717) is 0 Å². The van der Waals surface area contributed by atoms with Gasteiger partial charge in [0.1, 0.15) is 0 Å². The SMILES string of the molecule is C=C(c1ccc([N+](=O)[O-])cc1)P(=O)(O)O. The van der Waals surface area contributed by atoms with Crippen molar-refractivity contribution in [3.63, 3.8) is 0 Å². The number of nitro benzene ring substituents is 1. The van der Waals surface area contributed by atoms with Crippen LogP contribution in [-0.4, -0.2) is 14.7 Å². The number of hydrogen-bond acceptors (Lipinski definition) is 3. The Balaban J connectivity index is 3.05. The molecule has 15 heavy (non-hydrogen) atoms. The normalized spacial score (nSPS) is 11.1. The molecule has 0 saturated heterocycles. The Labute approximate surface area is 85.2 Å². The second-order valence-corrected chi connectivity index (χ2v) is 4.42. The van der Waals surface area contributed by atoms with E-state index in [1.165, 1.54) is 12.1 Å². The maximum atomic E-state index is 10.8. The summed E-state index contributed by atoms with van der Waals surface area (Å²) in [5.74, 6) is 0. The van der Waals surface area contributed by atoms with Gasteiger partial charge in [0.15, 0.2) is 0 Å². The topological polar surface area (TPSA) is 101 Å². The molecule has 0 amide bonds. The molecule has 0 aliphatic heterocycles. The molecule has 0 spiro atoms. The molecule has 80 valence electrons. The minimum absolute atomic E-state index is 0.141. The third-order valence-corrected chi connectivity index (χ3v) is 2.72. The maximum Gasteiger partial charge on any atom is 0.356 e. The van der Waals surface area contributed by atoms with Crippen molar-refractivity contribution in [3.05, 3.63) is 46.5 Å². The average Bonchev–Trinajstić information content (AvgIpc) is 2.15. The lowest BCUT2D eigenvalue weighted by Crippen LogP contribution is -1.89. The molecule has 2 N–H and O–H groups in total. The molecule has 0 aliphatic rings. The Kier molecular flexibility index (Phi) is 3.04. The van der Waals surface area contributed by atoms with Crippen molar-refractivity contribution in [2.75, 3.05) is 0 Å². The largest absolute Gasteiger partial charge is 0.356 e. The van der Waals surface area contributed by atoms with Gasteiger partial charge < -0.3 is 9.79 Å². The first-order valence-corrected chi connectivity index (χ1v) is 5.43. The first-order chi connectivity index (χ1) is 6.82. The van der Waals surface area contributed by atoms with Crippen LogP contribution in [0.15, 0.2) is 30.8 Å². The second-order valence-electron chi connectivity index (χ2n) is 2.79. The fraction of sp³-hybridized carbons (Fsp3) is 0. The van der Waals surface area contributed by atoms with Crippen LogP contribution >= 0.6 is 7.60 Å². The van der Waals surface area contributed by atoms with Crippen LogP contribution in [0.1, 0.15) is 5.56 Å². The van der Waals surface area contributed by atoms with Gasteiger partial charge in [0.2, 0.25) is 0 Å². The van der Waals surface area contributed by atoms with Gasteiger partial charge in [-0.1, -0.05) is 6.58 Å². The summed E-state index contributed by atoms with van der Waals surface area (Å²) in [5.41, 5.74) is 0.0474. The van der Waals surface area contributed by atoms with Crippen molar-refractivity contribution in [1.82, 2.24) is 0 Å². The summed E-state index contributed by atoms with van der Waals surface area (Å²) >= 11 is 0. The Bertz CT molecular complexity index is 447. The molecule has 6 nitrogen and oxygen atoms in total. The fourth-order valence-corrected chi connectivity index (χ4v) is 1.43. The van der Waals surface area contributed by atoms with Crippen LogP contribution in [0.2, 0.25) is 0 Å². The number of nitrogens with zero attached hydrogens (tertiary/aromatic N) is 1. The van der Waals surface area contributed by atoms with E-state index in [2.05, 4.69) is 6.58 Å². The number of hydrogen-bond donors (Lipinski definition) is 2. The molecule has 0 bridgehead atoms. The number of nitro groups is 1. The molecule has 0 saturated carbocycles. The zero-order valence-corrected chi connectivity index (χ0v) is 8.42. The summed E-state index contributed by atoms with van der Waals surface area (Å²) < 4.78 is 10.8. The first kappa shape index (κ1) is 11.6. The van der Waals surface area contributed by atoms with Crippen molar-refractivity contribution < 1.29 is 19.3 Å². The number of benzene rings is 1. The Morgan fingerprint density at radius 1 is 1.33 bits per heavy atom.